The zero-order chi connectivity index (χ0) is 8.27. The third-order valence-corrected chi connectivity index (χ3v) is 2.88. The van der Waals surface area contributed by atoms with Gasteiger partial charge in [-0.25, -0.2) is 0 Å². The fourth-order valence-corrected chi connectivity index (χ4v) is 1.98. The maximum Gasteiger partial charge on any atom is 0.241 e. The van der Waals surface area contributed by atoms with Crippen molar-refractivity contribution in [2.24, 2.45) is 5.73 Å². The smallest absolute Gasteiger partial charge is 0.241 e. The molecule has 2 nitrogen and oxygen atoms in total. The van der Waals surface area contributed by atoms with Gasteiger partial charge in [-0.1, -0.05) is 0 Å². The number of halogens is 1. The lowest BCUT2D eigenvalue weighted by Gasteiger charge is -1.84. The first-order valence-electron chi connectivity index (χ1n) is 2.90. The van der Waals surface area contributed by atoms with E-state index in [0.717, 1.165) is 9.35 Å². The van der Waals surface area contributed by atoms with Gasteiger partial charge in [0.05, 0.1) is 0 Å². The van der Waals surface area contributed by atoms with E-state index in [9.17, 15) is 4.79 Å². The number of rotatable bonds is 2. The quantitative estimate of drug-likeness (QED) is 0.778. The molecule has 0 saturated carbocycles. The van der Waals surface area contributed by atoms with Gasteiger partial charge in [0.1, 0.15) is 0 Å². The average Bonchev–Trinajstić information content (AvgIpc) is 2.31. The van der Waals surface area contributed by atoms with Gasteiger partial charge in [-0.15, -0.1) is 11.3 Å². The second-order valence-electron chi connectivity index (χ2n) is 1.87. The third kappa shape index (κ3) is 2.48. The van der Waals surface area contributed by atoms with Gasteiger partial charge in [-0.2, -0.15) is 0 Å². The van der Waals surface area contributed by atoms with E-state index in [1.165, 1.54) is 6.08 Å². The van der Waals surface area contributed by atoms with Crippen molar-refractivity contribution in [1.82, 2.24) is 0 Å². The van der Waals surface area contributed by atoms with Gasteiger partial charge in [0.2, 0.25) is 5.91 Å². The summed E-state index contributed by atoms with van der Waals surface area (Å²) in [6, 6.07) is 1.92. The molecule has 0 bridgehead atoms. The number of carbonyl (C=O) groups excluding carboxylic acids is 1. The maximum atomic E-state index is 10.3. The Morgan fingerprint density at radius 3 is 2.91 bits per heavy atom. The molecule has 4 heteroatoms. The standard InChI is InChI=1S/C7H6BrNOS/c8-5-3-4-11-6(5)1-2-7(9)10/h1-4H,(H2,9,10)/b2-1+. The van der Waals surface area contributed by atoms with Crippen molar-refractivity contribution in [3.63, 3.8) is 0 Å². The second-order valence-corrected chi connectivity index (χ2v) is 3.67. The minimum absolute atomic E-state index is 0.426. The molecule has 0 aliphatic carbocycles. The van der Waals surface area contributed by atoms with E-state index in [1.807, 2.05) is 11.4 Å². The predicted molar refractivity (Wildman–Crippen MR) is 50.2 cm³/mol. The maximum absolute atomic E-state index is 10.3. The summed E-state index contributed by atoms with van der Waals surface area (Å²) in [5.74, 6) is -0.426. The molecule has 1 aromatic rings. The molecule has 2 N–H and O–H groups in total. The largest absolute Gasteiger partial charge is 0.366 e. The Kier molecular flexibility index (Phi) is 2.84. The van der Waals surface area contributed by atoms with Crippen LogP contribution in [-0.2, 0) is 4.79 Å². The Morgan fingerprint density at radius 1 is 1.73 bits per heavy atom. The molecule has 0 radical (unpaired) electrons. The zero-order valence-electron chi connectivity index (χ0n) is 5.58. The first-order valence-corrected chi connectivity index (χ1v) is 4.58. The van der Waals surface area contributed by atoms with E-state index in [4.69, 9.17) is 5.73 Å². The molecular formula is C7H6BrNOS. The van der Waals surface area contributed by atoms with Crippen molar-refractivity contribution in [3.05, 3.63) is 26.9 Å². The highest BCUT2D eigenvalue weighted by Gasteiger charge is 1.95. The highest BCUT2D eigenvalue weighted by atomic mass is 79.9. The molecule has 1 rings (SSSR count). The molecule has 0 aromatic carbocycles. The molecular weight excluding hydrogens is 226 g/mol. The summed E-state index contributed by atoms with van der Waals surface area (Å²) in [5, 5.41) is 1.94. The lowest BCUT2D eigenvalue weighted by atomic mass is 10.4. The molecule has 0 saturated heterocycles. The summed E-state index contributed by atoms with van der Waals surface area (Å²) < 4.78 is 0.986. The van der Waals surface area contributed by atoms with E-state index in [2.05, 4.69) is 15.9 Å². The molecule has 0 unspecified atom stereocenters. The molecule has 0 atom stereocenters. The molecule has 1 amide bonds. The first kappa shape index (κ1) is 8.49. The minimum Gasteiger partial charge on any atom is -0.366 e. The highest BCUT2D eigenvalue weighted by molar-refractivity contribution is 9.10. The van der Waals surface area contributed by atoms with Crippen molar-refractivity contribution < 1.29 is 4.79 Å². The van der Waals surface area contributed by atoms with Crippen LogP contribution in [0, 0.1) is 0 Å². The topological polar surface area (TPSA) is 43.1 Å². The van der Waals surface area contributed by atoms with E-state index >= 15 is 0 Å². The summed E-state index contributed by atoms with van der Waals surface area (Å²) in [7, 11) is 0. The van der Waals surface area contributed by atoms with Crippen LogP contribution in [0.1, 0.15) is 4.88 Å². The molecule has 58 valence electrons. The summed E-state index contributed by atoms with van der Waals surface area (Å²) in [6.07, 6.45) is 3.04. The predicted octanol–water partition coefficient (Wildman–Crippen LogP) is 2.01. The highest BCUT2D eigenvalue weighted by Crippen LogP contribution is 2.23. The summed E-state index contributed by atoms with van der Waals surface area (Å²) in [5.41, 5.74) is 4.92. The van der Waals surface area contributed by atoms with E-state index in [0.29, 0.717) is 0 Å². The van der Waals surface area contributed by atoms with Crippen LogP contribution in [0.2, 0.25) is 0 Å². The third-order valence-electron chi connectivity index (χ3n) is 1.04. The van der Waals surface area contributed by atoms with E-state index in [1.54, 1.807) is 17.4 Å². The first-order chi connectivity index (χ1) is 5.20. The van der Waals surface area contributed by atoms with Crippen LogP contribution in [0.3, 0.4) is 0 Å². The SMILES string of the molecule is NC(=O)/C=C/c1sccc1Br. The van der Waals surface area contributed by atoms with Crippen LogP contribution in [0.25, 0.3) is 6.08 Å². The van der Waals surface area contributed by atoms with Gasteiger partial charge in [0, 0.05) is 15.4 Å². The summed E-state index contributed by atoms with van der Waals surface area (Å²) >= 11 is 4.87. The number of nitrogens with two attached hydrogens (primary N) is 1. The second kappa shape index (κ2) is 3.69. The lowest BCUT2D eigenvalue weighted by Crippen LogP contribution is -2.04. The van der Waals surface area contributed by atoms with Crippen molar-refractivity contribution in [2.75, 3.05) is 0 Å². The van der Waals surface area contributed by atoms with Crippen LogP contribution in [0.4, 0.5) is 0 Å². The van der Waals surface area contributed by atoms with E-state index < -0.39 is 5.91 Å². The molecule has 1 aromatic heterocycles. The molecule has 0 aliphatic heterocycles. The van der Waals surface area contributed by atoms with Crippen LogP contribution >= 0.6 is 27.3 Å². The minimum atomic E-state index is -0.426. The van der Waals surface area contributed by atoms with Crippen LogP contribution in [0.5, 0.6) is 0 Å². The summed E-state index contributed by atoms with van der Waals surface area (Å²) in [4.78, 5) is 11.3. The van der Waals surface area contributed by atoms with Gasteiger partial charge in [0.25, 0.3) is 0 Å². The van der Waals surface area contributed by atoms with Crippen molar-refractivity contribution in [3.8, 4) is 0 Å². The Labute approximate surface area is 76.8 Å². The monoisotopic (exact) mass is 231 g/mol. The van der Waals surface area contributed by atoms with Gasteiger partial charge in [-0.3, -0.25) is 4.79 Å². The van der Waals surface area contributed by atoms with Crippen molar-refractivity contribution in [1.29, 1.82) is 0 Å². The number of amides is 1. The van der Waals surface area contributed by atoms with Gasteiger partial charge >= 0.3 is 0 Å². The molecule has 0 fully saturated rings. The fourth-order valence-electron chi connectivity index (χ4n) is 0.582. The molecule has 0 aliphatic rings. The lowest BCUT2D eigenvalue weighted by molar-refractivity contribution is -0.113. The summed E-state index contributed by atoms with van der Waals surface area (Å²) in [6.45, 7) is 0. The van der Waals surface area contributed by atoms with Crippen molar-refractivity contribution in [2.45, 2.75) is 0 Å². The van der Waals surface area contributed by atoms with Crippen molar-refractivity contribution >= 4 is 39.2 Å². The Hall–Kier alpha value is -0.610. The number of primary amides is 1. The molecule has 0 spiro atoms. The number of carbonyl (C=O) groups is 1. The number of hydrogen-bond donors (Lipinski definition) is 1. The Bertz CT molecular complexity index is 292. The van der Waals surface area contributed by atoms with Crippen LogP contribution < -0.4 is 5.73 Å². The fraction of sp³-hybridized carbons (Fsp3) is 0. The van der Waals surface area contributed by atoms with E-state index in [-0.39, 0.29) is 0 Å². The van der Waals surface area contributed by atoms with Crippen LogP contribution in [0.15, 0.2) is 22.0 Å². The number of thiophene rings is 1. The van der Waals surface area contributed by atoms with Gasteiger partial charge in [0.15, 0.2) is 0 Å². The normalized spacial score (nSPS) is 10.6. The average molecular weight is 232 g/mol. The van der Waals surface area contributed by atoms with Crippen LogP contribution in [-0.4, -0.2) is 5.91 Å². The Morgan fingerprint density at radius 2 is 2.45 bits per heavy atom. The number of hydrogen-bond acceptors (Lipinski definition) is 2. The Balaban J connectivity index is 2.79. The van der Waals surface area contributed by atoms with Gasteiger partial charge < -0.3 is 5.73 Å². The zero-order valence-corrected chi connectivity index (χ0v) is 7.98. The molecule has 11 heavy (non-hydrogen) atoms. The molecule has 1 heterocycles. The van der Waals surface area contributed by atoms with Gasteiger partial charge in [-0.05, 0) is 33.5 Å².